The van der Waals surface area contributed by atoms with Crippen molar-refractivity contribution in [3.8, 4) is 0 Å². The first-order valence-corrected chi connectivity index (χ1v) is 6.23. The summed E-state index contributed by atoms with van der Waals surface area (Å²) in [7, 11) is 1.69. The van der Waals surface area contributed by atoms with Gasteiger partial charge in [0.1, 0.15) is 11.5 Å². The molecule has 19 heavy (non-hydrogen) atoms. The molecule has 0 aromatic carbocycles. The van der Waals surface area contributed by atoms with E-state index in [0.717, 1.165) is 0 Å². The summed E-state index contributed by atoms with van der Waals surface area (Å²) in [6.45, 7) is 3.57. The van der Waals surface area contributed by atoms with E-state index in [1.807, 2.05) is 13.8 Å². The van der Waals surface area contributed by atoms with Crippen LogP contribution in [0.3, 0.4) is 0 Å². The molecule has 1 aromatic heterocycles. The largest absolute Gasteiger partial charge is 0.373 e. The topological polar surface area (TPSA) is 83.1 Å². The van der Waals surface area contributed by atoms with Gasteiger partial charge >= 0.3 is 0 Å². The van der Waals surface area contributed by atoms with Crippen molar-refractivity contribution in [1.29, 1.82) is 0 Å². The molecular weight excluding hydrogens is 268 g/mol. The summed E-state index contributed by atoms with van der Waals surface area (Å²) in [4.78, 5) is 27.3. The Hall–Kier alpha value is -1.82. The van der Waals surface area contributed by atoms with Crippen LogP contribution in [0.15, 0.2) is 12.1 Å². The maximum atomic E-state index is 11.9. The van der Waals surface area contributed by atoms with Crippen LogP contribution in [0.1, 0.15) is 24.3 Å². The highest BCUT2D eigenvalue weighted by Gasteiger charge is 2.14. The normalized spacial score (nSPS) is 10.2. The quantitative estimate of drug-likeness (QED) is 0.754. The third-order valence-electron chi connectivity index (χ3n) is 2.18. The minimum Gasteiger partial charge on any atom is -0.373 e. The van der Waals surface area contributed by atoms with Crippen molar-refractivity contribution in [2.75, 3.05) is 18.9 Å². The van der Waals surface area contributed by atoms with Crippen LogP contribution in [0, 0.1) is 0 Å². The van der Waals surface area contributed by atoms with Crippen LogP contribution in [-0.4, -0.2) is 36.4 Å². The summed E-state index contributed by atoms with van der Waals surface area (Å²) in [5.41, 5.74) is 0.0888. The second-order valence-electron chi connectivity index (χ2n) is 4.18. The molecule has 3 N–H and O–H groups in total. The Morgan fingerprint density at radius 3 is 2.63 bits per heavy atom. The molecule has 0 aliphatic rings. The number of amides is 2. The number of rotatable bonds is 5. The molecule has 0 aliphatic heterocycles. The van der Waals surface area contributed by atoms with Gasteiger partial charge in [-0.25, -0.2) is 4.98 Å². The van der Waals surface area contributed by atoms with Crippen molar-refractivity contribution in [3.63, 3.8) is 0 Å². The number of halogens is 1. The van der Waals surface area contributed by atoms with E-state index >= 15 is 0 Å². The van der Waals surface area contributed by atoms with Crippen LogP contribution in [0.4, 0.5) is 5.82 Å². The van der Waals surface area contributed by atoms with E-state index < -0.39 is 5.91 Å². The number of anilines is 1. The third kappa shape index (κ3) is 4.75. The van der Waals surface area contributed by atoms with Crippen molar-refractivity contribution in [2.24, 2.45) is 0 Å². The Balaban J connectivity index is 2.65. The highest BCUT2D eigenvalue weighted by atomic mass is 35.5. The minimum atomic E-state index is -0.485. The molecule has 1 aromatic rings. The highest BCUT2D eigenvalue weighted by molar-refractivity contribution is 6.33. The molecule has 0 aliphatic carbocycles. The number of aromatic nitrogens is 1. The molecule has 0 unspecified atom stereocenters. The van der Waals surface area contributed by atoms with Crippen molar-refractivity contribution in [3.05, 3.63) is 22.8 Å². The lowest BCUT2D eigenvalue weighted by Crippen LogP contribution is -2.40. The molecule has 104 valence electrons. The molecular formula is C12H17ClN4O2. The van der Waals surface area contributed by atoms with Crippen molar-refractivity contribution < 1.29 is 9.59 Å². The monoisotopic (exact) mass is 284 g/mol. The summed E-state index contributed by atoms with van der Waals surface area (Å²) in [6, 6.07) is 3.26. The molecule has 1 heterocycles. The van der Waals surface area contributed by atoms with Gasteiger partial charge < -0.3 is 16.0 Å². The van der Waals surface area contributed by atoms with Crippen molar-refractivity contribution in [2.45, 2.75) is 19.9 Å². The standard InChI is InChI=1S/C12H17ClN4O2/c1-7(2)16-10(18)6-15-12(19)11-8(13)4-5-9(14-3)17-11/h4-5,7H,6H2,1-3H3,(H,14,17)(H,15,19)(H,16,18). The van der Waals surface area contributed by atoms with E-state index in [2.05, 4.69) is 20.9 Å². The smallest absolute Gasteiger partial charge is 0.271 e. The summed E-state index contributed by atoms with van der Waals surface area (Å²) in [5, 5.41) is 8.19. The van der Waals surface area contributed by atoms with E-state index in [0.29, 0.717) is 5.82 Å². The fourth-order valence-electron chi connectivity index (χ4n) is 1.36. The SMILES string of the molecule is CNc1ccc(Cl)c(C(=O)NCC(=O)NC(C)C)n1. The Labute approximate surface area is 116 Å². The molecule has 1 rings (SSSR count). The molecule has 0 saturated carbocycles. The van der Waals surface area contributed by atoms with Gasteiger partial charge in [0.2, 0.25) is 5.91 Å². The van der Waals surface area contributed by atoms with Crippen LogP contribution < -0.4 is 16.0 Å². The Bertz CT molecular complexity index is 477. The second kappa shape index (κ2) is 6.94. The zero-order valence-electron chi connectivity index (χ0n) is 11.1. The average Bonchev–Trinajstić information content (AvgIpc) is 2.35. The number of pyridine rings is 1. The summed E-state index contributed by atoms with van der Waals surface area (Å²) < 4.78 is 0. The lowest BCUT2D eigenvalue weighted by atomic mass is 10.3. The Morgan fingerprint density at radius 2 is 2.05 bits per heavy atom. The molecule has 2 amide bonds. The van der Waals surface area contributed by atoms with Crippen molar-refractivity contribution >= 4 is 29.2 Å². The maximum absolute atomic E-state index is 11.9. The summed E-state index contributed by atoms with van der Waals surface area (Å²) in [5.74, 6) is -0.216. The fraction of sp³-hybridized carbons (Fsp3) is 0.417. The summed E-state index contributed by atoms with van der Waals surface area (Å²) >= 11 is 5.90. The van der Waals surface area contributed by atoms with Gasteiger partial charge in [0, 0.05) is 13.1 Å². The lowest BCUT2D eigenvalue weighted by molar-refractivity contribution is -0.120. The lowest BCUT2D eigenvalue weighted by Gasteiger charge is -2.10. The molecule has 0 fully saturated rings. The minimum absolute atomic E-state index is 0.0266. The summed E-state index contributed by atoms with van der Waals surface area (Å²) in [6.07, 6.45) is 0. The van der Waals surface area contributed by atoms with Crippen molar-refractivity contribution in [1.82, 2.24) is 15.6 Å². The number of carbonyl (C=O) groups excluding carboxylic acids is 2. The molecule has 0 radical (unpaired) electrons. The van der Waals surface area contributed by atoms with Crippen LogP contribution in [0.25, 0.3) is 0 Å². The first-order valence-electron chi connectivity index (χ1n) is 5.86. The zero-order chi connectivity index (χ0) is 14.4. The first-order chi connectivity index (χ1) is 8.93. The van der Waals surface area contributed by atoms with Gasteiger partial charge in [-0.2, -0.15) is 0 Å². The van der Waals surface area contributed by atoms with Crippen LogP contribution in [-0.2, 0) is 4.79 Å². The highest BCUT2D eigenvalue weighted by Crippen LogP contribution is 2.16. The van der Waals surface area contributed by atoms with Gasteiger partial charge in [-0.3, -0.25) is 9.59 Å². The van der Waals surface area contributed by atoms with Gasteiger partial charge in [-0.05, 0) is 26.0 Å². The molecule has 0 atom stereocenters. The zero-order valence-corrected chi connectivity index (χ0v) is 11.8. The van der Waals surface area contributed by atoms with Gasteiger partial charge in [0.25, 0.3) is 5.91 Å². The van der Waals surface area contributed by atoms with E-state index in [4.69, 9.17) is 11.6 Å². The third-order valence-corrected chi connectivity index (χ3v) is 2.48. The van der Waals surface area contributed by atoms with Crippen LogP contribution >= 0.6 is 11.6 Å². The van der Waals surface area contributed by atoms with Crippen LogP contribution in [0.2, 0.25) is 5.02 Å². The van der Waals surface area contributed by atoms with Gasteiger partial charge in [0.05, 0.1) is 11.6 Å². The second-order valence-corrected chi connectivity index (χ2v) is 4.59. The predicted octanol–water partition coefficient (Wildman–Crippen LogP) is 1.03. The number of carbonyl (C=O) groups is 2. The predicted molar refractivity (Wildman–Crippen MR) is 74.4 cm³/mol. The molecule has 6 nitrogen and oxygen atoms in total. The Kier molecular flexibility index (Phi) is 5.57. The number of hydrogen-bond donors (Lipinski definition) is 3. The fourth-order valence-corrected chi connectivity index (χ4v) is 1.55. The maximum Gasteiger partial charge on any atom is 0.271 e. The van der Waals surface area contributed by atoms with Crippen LogP contribution in [0.5, 0.6) is 0 Å². The van der Waals surface area contributed by atoms with E-state index in [9.17, 15) is 9.59 Å². The molecule has 0 bridgehead atoms. The molecule has 0 spiro atoms. The number of hydrogen-bond acceptors (Lipinski definition) is 4. The number of nitrogens with zero attached hydrogens (tertiary/aromatic N) is 1. The molecule has 0 saturated heterocycles. The Morgan fingerprint density at radius 1 is 1.37 bits per heavy atom. The average molecular weight is 285 g/mol. The number of nitrogens with one attached hydrogen (secondary N) is 3. The van der Waals surface area contributed by atoms with Gasteiger partial charge in [-0.1, -0.05) is 11.6 Å². The van der Waals surface area contributed by atoms with E-state index in [1.165, 1.54) is 0 Å². The van der Waals surface area contributed by atoms with E-state index in [1.54, 1.807) is 19.2 Å². The first kappa shape index (κ1) is 15.2. The van der Waals surface area contributed by atoms with Gasteiger partial charge in [0.15, 0.2) is 0 Å². The van der Waals surface area contributed by atoms with Gasteiger partial charge in [-0.15, -0.1) is 0 Å². The molecule has 7 heteroatoms. The van der Waals surface area contributed by atoms with E-state index in [-0.39, 0.29) is 29.2 Å².